The Labute approximate surface area is 194 Å². The molecule has 1 saturated heterocycles. The largest absolute Gasteiger partial charge is 0.410 e. The first kappa shape index (κ1) is 22.5. The molecule has 0 spiro atoms. The Balaban J connectivity index is 1.49. The van der Waals surface area contributed by atoms with E-state index in [0.29, 0.717) is 41.3 Å². The fraction of sp³-hybridized carbons (Fsp3) is 0.458. The summed E-state index contributed by atoms with van der Waals surface area (Å²) in [5, 5.41) is 20.1. The normalized spacial score (nSPS) is 21.8. The maximum Gasteiger partial charge on any atom is 0.410 e. The van der Waals surface area contributed by atoms with Crippen molar-refractivity contribution in [3.63, 3.8) is 0 Å². The third kappa shape index (κ3) is 3.84. The molecular formula is C24H25F3N6O. The molecule has 10 heteroatoms. The Bertz CT molecular complexity index is 1280. The van der Waals surface area contributed by atoms with Crippen molar-refractivity contribution < 1.29 is 13.2 Å². The second kappa shape index (κ2) is 8.47. The van der Waals surface area contributed by atoms with Gasteiger partial charge in [-0.15, -0.1) is 0 Å². The zero-order valence-corrected chi connectivity index (χ0v) is 18.5. The topological polar surface area (TPSA) is 98.5 Å². The molecule has 2 aliphatic rings. The van der Waals surface area contributed by atoms with Crippen LogP contribution in [0.4, 0.5) is 24.7 Å². The number of anilines is 2. The summed E-state index contributed by atoms with van der Waals surface area (Å²) in [6.45, 7) is 0.316. The molecule has 2 fully saturated rings. The lowest BCUT2D eigenvalue weighted by molar-refractivity contribution is -0.207. The van der Waals surface area contributed by atoms with E-state index >= 15 is 0 Å². The highest BCUT2D eigenvalue weighted by Gasteiger charge is 2.56. The number of halogens is 3. The van der Waals surface area contributed by atoms with Gasteiger partial charge in [0.1, 0.15) is 10.9 Å². The van der Waals surface area contributed by atoms with Crippen molar-refractivity contribution in [1.29, 1.82) is 5.26 Å². The van der Waals surface area contributed by atoms with Crippen LogP contribution in [0.15, 0.2) is 41.3 Å². The Morgan fingerprint density at radius 1 is 1.24 bits per heavy atom. The van der Waals surface area contributed by atoms with Crippen LogP contribution in [0.25, 0.3) is 10.9 Å². The summed E-state index contributed by atoms with van der Waals surface area (Å²) >= 11 is 0. The number of pyridine rings is 1. The summed E-state index contributed by atoms with van der Waals surface area (Å²) < 4.78 is 43.8. The van der Waals surface area contributed by atoms with E-state index in [0.717, 1.165) is 19.3 Å². The van der Waals surface area contributed by atoms with Crippen LogP contribution in [0.2, 0.25) is 0 Å². The van der Waals surface area contributed by atoms with E-state index in [2.05, 4.69) is 26.8 Å². The van der Waals surface area contributed by atoms with Gasteiger partial charge in [0.25, 0.3) is 5.56 Å². The van der Waals surface area contributed by atoms with Crippen LogP contribution in [-0.2, 0) is 5.54 Å². The molecule has 34 heavy (non-hydrogen) atoms. The number of rotatable bonds is 6. The van der Waals surface area contributed by atoms with Crippen LogP contribution >= 0.6 is 0 Å². The number of nitrogens with zero attached hydrogens (tertiary/aromatic N) is 3. The lowest BCUT2D eigenvalue weighted by Crippen LogP contribution is -2.56. The molecule has 5 rings (SSSR count). The molecule has 3 heterocycles. The summed E-state index contributed by atoms with van der Waals surface area (Å²) in [4.78, 5) is 15.3. The minimum atomic E-state index is -4.41. The molecule has 1 aromatic carbocycles. The number of piperidine rings is 1. The van der Waals surface area contributed by atoms with Crippen molar-refractivity contribution in [2.24, 2.45) is 5.92 Å². The molecule has 7 nitrogen and oxygen atoms in total. The Hall–Kier alpha value is -3.32. The summed E-state index contributed by atoms with van der Waals surface area (Å²) in [5.41, 5.74) is -1.06. The molecule has 1 aliphatic carbocycles. The SMILES string of the molecule is N#CCC(C1CC1)n1nc(Nc2ccc([C@]3(C(F)(F)F)CCCCN3)cc2)c2c(=O)[nH]ccc21. The smallest absolute Gasteiger partial charge is 0.338 e. The van der Waals surface area contributed by atoms with Gasteiger partial charge in [0.2, 0.25) is 0 Å². The maximum atomic E-state index is 14.0. The van der Waals surface area contributed by atoms with Crippen LogP contribution in [0, 0.1) is 17.2 Å². The van der Waals surface area contributed by atoms with Gasteiger partial charge in [0.15, 0.2) is 5.82 Å². The zero-order chi connectivity index (χ0) is 23.9. The fourth-order valence-electron chi connectivity index (χ4n) is 5.00. The van der Waals surface area contributed by atoms with Crippen molar-refractivity contribution in [2.45, 2.75) is 56.3 Å². The van der Waals surface area contributed by atoms with Gasteiger partial charge in [0.05, 0.1) is 24.0 Å². The molecule has 0 radical (unpaired) electrons. The second-order valence-corrected chi connectivity index (χ2v) is 9.12. The van der Waals surface area contributed by atoms with Gasteiger partial charge in [0, 0.05) is 11.9 Å². The van der Waals surface area contributed by atoms with E-state index in [-0.39, 0.29) is 30.0 Å². The third-order valence-corrected chi connectivity index (χ3v) is 6.94. The Morgan fingerprint density at radius 3 is 2.62 bits per heavy atom. The van der Waals surface area contributed by atoms with E-state index in [1.54, 1.807) is 29.1 Å². The van der Waals surface area contributed by atoms with Crippen molar-refractivity contribution in [3.05, 3.63) is 52.4 Å². The van der Waals surface area contributed by atoms with Gasteiger partial charge >= 0.3 is 6.18 Å². The van der Waals surface area contributed by atoms with E-state index < -0.39 is 11.7 Å². The molecule has 1 saturated carbocycles. The van der Waals surface area contributed by atoms with E-state index in [1.165, 1.54) is 12.1 Å². The van der Waals surface area contributed by atoms with Crippen LogP contribution in [0.1, 0.15) is 50.1 Å². The van der Waals surface area contributed by atoms with Crippen molar-refractivity contribution in [1.82, 2.24) is 20.1 Å². The monoisotopic (exact) mass is 470 g/mol. The van der Waals surface area contributed by atoms with Crippen LogP contribution < -0.4 is 16.2 Å². The number of fused-ring (bicyclic) bond motifs is 1. The van der Waals surface area contributed by atoms with E-state index in [9.17, 15) is 23.2 Å². The highest BCUT2D eigenvalue weighted by Crippen LogP contribution is 2.45. The summed E-state index contributed by atoms with van der Waals surface area (Å²) in [5.74, 6) is 0.658. The molecule has 0 bridgehead atoms. The van der Waals surface area contributed by atoms with Gasteiger partial charge in [-0.2, -0.15) is 23.5 Å². The average molecular weight is 470 g/mol. The number of hydrogen-bond donors (Lipinski definition) is 3. The minimum Gasteiger partial charge on any atom is -0.338 e. The van der Waals surface area contributed by atoms with Gasteiger partial charge < -0.3 is 10.3 Å². The molecule has 178 valence electrons. The minimum absolute atomic E-state index is 0.00482. The van der Waals surface area contributed by atoms with Crippen LogP contribution in [-0.4, -0.2) is 27.5 Å². The predicted molar refractivity (Wildman–Crippen MR) is 122 cm³/mol. The maximum absolute atomic E-state index is 14.0. The van der Waals surface area contributed by atoms with Crippen molar-refractivity contribution in [3.8, 4) is 6.07 Å². The Morgan fingerprint density at radius 2 is 2.00 bits per heavy atom. The number of aromatic amines is 1. The molecule has 1 unspecified atom stereocenters. The zero-order valence-electron chi connectivity index (χ0n) is 18.5. The quantitative estimate of drug-likeness (QED) is 0.478. The number of aromatic nitrogens is 3. The third-order valence-electron chi connectivity index (χ3n) is 6.94. The van der Waals surface area contributed by atoms with Gasteiger partial charge in [-0.1, -0.05) is 12.1 Å². The number of nitrogens with one attached hydrogen (secondary N) is 3. The molecule has 2 atom stereocenters. The molecule has 2 aromatic heterocycles. The van der Waals surface area contributed by atoms with E-state index in [4.69, 9.17) is 0 Å². The van der Waals surface area contributed by atoms with Gasteiger partial charge in [-0.05, 0) is 68.3 Å². The number of H-pyrrole nitrogens is 1. The molecule has 3 N–H and O–H groups in total. The Kier molecular flexibility index (Phi) is 5.60. The van der Waals surface area contributed by atoms with Crippen LogP contribution in [0.5, 0.6) is 0 Å². The molecular weight excluding hydrogens is 445 g/mol. The first-order valence-corrected chi connectivity index (χ1v) is 11.5. The highest BCUT2D eigenvalue weighted by atomic mass is 19.4. The van der Waals surface area contributed by atoms with Crippen molar-refractivity contribution in [2.75, 3.05) is 11.9 Å². The summed E-state index contributed by atoms with van der Waals surface area (Å²) in [6.07, 6.45) is 0.657. The first-order chi connectivity index (χ1) is 16.3. The van der Waals surface area contributed by atoms with Gasteiger partial charge in [-0.25, -0.2) is 0 Å². The summed E-state index contributed by atoms with van der Waals surface area (Å²) in [6, 6.07) is 9.94. The highest BCUT2D eigenvalue weighted by molar-refractivity contribution is 5.91. The standard InChI is InChI=1S/C24H25F3N6O/c25-24(26,27)23(11-1-2-13-30-23)16-5-7-17(8-6-16)31-21-20-19(10-14-29-22(20)34)33(32-21)18(9-12-28)15-3-4-15/h5-8,10,14-15,18,30H,1-4,9,11,13H2,(H,29,34)(H,31,32)/t18?,23-/m0/s1. The average Bonchev–Trinajstić information content (AvgIpc) is 3.60. The molecule has 0 amide bonds. The van der Waals surface area contributed by atoms with Crippen molar-refractivity contribution >= 4 is 22.4 Å². The summed E-state index contributed by atoms with van der Waals surface area (Å²) in [7, 11) is 0. The fourth-order valence-corrected chi connectivity index (χ4v) is 5.00. The van der Waals surface area contributed by atoms with E-state index in [1.807, 2.05) is 0 Å². The molecule has 1 aliphatic heterocycles. The second-order valence-electron chi connectivity index (χ2n) is 9.12. The van der Waals surface area contributed by atoms with Crippen LogP contribution in [0.3, 0.4) is 0 Å². The number of nitriles is 1. The number of hydrogen-bond acceptors (Lipinski definition) is 5. The lowest BCUT2D eigenvalue weighted by Gasteiger charge is -2.40. The number of benzene rings is 1. The van der Waals surface area contributed by atoms with Gasteiger partial charge in [-0.3, -0.25) is 14.8 Å². The molecule has 3 aromatic rings. The number of alkyl halides is 3. The predicted octanol–water partition coefficient (Wildman–Crippen LogP) is 4.86. The lowest BCUT2D eigenvalue weighted by atomic mass is 9.81. The first-order valence-electron chi connectivity index (χ1n) is 11.5.